The van der Waals surface area contributed by atoms with Gasteiger partial charge in [0.05, 0.1) is 17.2 Å². The van der Waals surface area contributed by atoms with E-state index in [2.05, 4.69) is 0 Å². The summed E-state index contributed by atoms with van der Waals surface area (Å²) in [6, 6.07) is 2.64. The lowest BCUT2D eigenvalue weighted by molar-refractivity contribution is 0.214. The van der Waals surface area contributed by atoms with Crippen LogP contribution in [0.25, 0.3) is 0 Å². The van der Waals surface area contributed by atoms with E-state index in [1.807, 2.05) is 0 Å². The summed E-state index contributed by atoms with van der Waals surface area (Å²) in [5.41, 5.74) is 5.09. The molecule has 0 radical (unpaired) electrons. The van der Waals surface area contributed by atoms with Crippen LogP contribution in [0.1, 0.15) is 6.92 Å². The van der Waals surface area contributed by atoms with Gasteiger partial charge in [0.15, 0.2) is 0 Å². The normalized spacial score (nSPS) is 13.9. The van der Waals surface area contributed by atoms with E-state index in [1.54, 1.807) is 6.92 Å². The molecule has 0 amide bonds. The topological polar surface area (TPSA) is 83.6 Å². The van der Waals surface area contributed by atoms with Gasteiger partial charge in [-0.25, -0.2) is 12.8 Å². The summed E-state index contributed by atoms with van der Waals surface area (Å²) < 4.78 is 38.0. The van der Waals surface area contributed by atoms with Crippen LogP contribution >= 0.6 is 0 Å². The lowest BCUT2D eigenvalue weighted by Gasteiger charge is -2.22. The van der Waals surface area contributed by atoms with Crippen LogP contribution in [0.2, 0.25) is 0 Å². The second-order valence-electron chi connectivity index (χ2n) is 3.74. The zero-order valence-electron chi connectivity index (χ0n) is 9.59. The molecule has 17 heavy (non-hydrogen) atoms. The number of nitrogens with zero attached hydrogens (tertiary/aromatic N) is 1. The van der Waals surface area contributed by atoms with Crippen molar-refractivity contribution < 1.29 is 17.9 Å². The molecule has 96 valence electrons. The van der Waals surface area contributed by atoms with Gasteiger partial charge in [0.1, 0.15) is 5.82 Å². The molecule has 0 aromatic heterocycles. The maximum absolute atomic E-state index is 12.9. The maximum atomic E-state index is 12.9. The Hall–Kier alpha value is -1.18. The molecule has 1 unspecified atom stereocenters. The highest BCUT2D eigenvalue weighted by atomic mass is 32.2. The number of nitrogen functional groups attached to an aromatic ring is 1. The van der Waals surface area contributed by atoms with Gasteiger partial charge in [-0.3, -0.25) is 0 Å². The molecule has 1 aromatic rings. The monoisotopic (exact) mass is 262 g/mol. The average Bonchev–Trinajstić information content (AvgIpc) is 2.30. The van der Waals surface area contributed by atoms with Crippen LogP contribution in [0.5, 0.6) is 0 Å². The van der Waals surface area contributed by atoms with Crippen molar-refractivity contribution in [3.63, 3.8) is 0 Å². The second kappa shape index (κ2) is 4.99. The minimum absolute atomic E-state index is 0.0980. The fraction of sp³-hybridized carbons (Fsp3) is 0.400. The average molecular weight is 262 g/mol. The molecule has 1 aromatic carbocycles. The first-order valence-electron chi connectivity index (χ1n) is 4.94. The summed E-state index contributed by atoms with van der Waals surface area (Å²) in [7, 11) is -2.42. The van der Waals surface area contributed by atoms with Crippen LogP contribution < -0.4 is 5.73 Å². The third kappa shape index (κ3) is 2.74. The number of rotatable bonds is 4. The highest BCUT2D eigenvalue weighted by molar-refractivity contribution is 7.89. The number of hydrogen-bond acceptors (Lipinski definition) is 4. The van der Waals surface area contributed by atoms with Crippen LogP contribution in [0.4, 0.5) is 10.1 Å². The number of aliphatic hydroxyl groups excluding tert-OH is 1. The highest BCUT2D eigenvalue weighted by Gasteiger charge is 2.25. The van der Waals surface area contributed by atoms with Gasteiger partial charge in [-0.1, -0.05) is 0 Å². The summed E-state index contributed by atoms with van der Waals surface area (Å²) in [6.45, 7) is 1.26. The number of benzene rings is 1. The highest BCUT2D eigenvalue weighted by Crippen LogP contribution is 2.20. The Balaban J connectivity index is 3.17. The van der Waals surface area contributed by atoms with E-state index >= 15 is 0 Å². The Morgan fingerprint density at radius 1 is 1.53 bits per heavy atom. The van der Waals surface area contributed by atoms with Gasteiger partial charge in [-0.05, 0) is 25.1 Å². The summed E-state index contributed by atoms with van der Waals surface area (Å²) in [4.78, 5) is -0.0980. The minimum atomic E-state index is -3.76. The van der Waals surface area contributed by atoms with E-state index in [4.69, 9.17) is 10.8 Å². The Morgan fingerprint density at radius 2 is 2.12 bits per heavy atom. The molecule has 0 aliphatic carbocycles. The first kappa shape index (κ1) is 13.9. The van der Waals surface area contributed by atoms with E-state index in [-0.39, 0.29) is 17.2 Å². The van der Waals surface area contributed by atoms with E-state index in [1.165, 1.54) is 7.05 Å². The fourth-order valence-corrected chi connectivity index (χ4v) is 2.59. The van der Waals surface area contributed by atoms with Crippen molar-refractivity contribution in [2.45, 2.75) is 17.9 Å². The molecule has 5 nitrogen and oxygen atoms in total. The number of hydrogen-bond donors (Lipinski definition) is 2. The van der Waals surface area contributed by atoms with Crippen LogP contribution in [-0.4, -0.2) is 37.5 Å². The molecule has 0 saturated carbocycles. The maximum Gasteiger partial charge on any atom is 0.243 e. The third-order valence-electron chi connectivity index (χ3n) is 2.53. The van der Waals surface area contributed by atoms with E-state index in [0.717, 1.165) is 22.5 Å². The molecule has 0 bridgehead atoms. The molecule has 0 aliphatic heterocycles. The molecular formula is C10H15FN2O3S. The molecule has 0 aliphatic rings. The van der Waals surface area contributed by atoms with Crippen molar-refractivity contribution in [3.8, 4) is 0 Å². The van der Waals surface area contributed by atoms with Gasteiger partial charge in [0, 0.05) is 13.1 Å². The molecule has 0 spiro atoms. The minimum Gasteiger partial charge on any atom is -0.396 e. The van der Waals surface area contributed by atoms with Crippen molar-refractivity contribution in [2.24, 2.45) is 0 Å². The zero-order valence-corrected chi connectivity index (χ0v) is 10.4. The lowest BCUT2D eigenvalue weighted by Crippen LogP contribution is -2.37. The SMILES string of the molecule is CC(CO)N(C)S(=O)(=O)c1ccc(F)c(N)c1. The summed E-state index contributed by atoms with van der Waals surface area (Å²) in [5.74, 6) is -0.665. The van der Waals surface area contributed by atoms with Crippen molar-refractivity contribution >= 4 is 15.7 Å². The summed E-state index contributed by atoms with van der Waals surface area (Å²) in [6.07, 6.45) is 0. The van der Waals surface area contributed by atoms with Crippen LogP contribution in [0.3, 0.4) is 0 Å². The zero-order chi connectivity index (χ0) is 13.2. The molecule has 0 fully saturated rings. The molecular weight excluding hydrogens is 247 g/mol. The van der Waals surface area contributed by atoms with Crippen LogP contribution in [-0.2, 0) is 10.0 Å². The Kier molecular flexibility index (Phi) is 4.07. The van der Waals surface area contributed by atoms with Gasteiger partial charge in [-0.15, -0.1) is 0 Å². The standard InChI is InChI=1S/C10H15FN2O3S/c1-7(6-14)13(2)17(15,16)8-3-4-9(11)10(12)5-8/h3-5,7,14H,6,12H2,1-2H3. The van der Waals surface area contributed by atoms with Crippen molar-refractivity contribution in [3.05, 3.63) is 24.0 Å². The van der Waals surface area contributed by atoms with Gasteiger partial charge in [-0.2, -0.15) is 4.31 Å². The van der Waals surface area contributed by atoms with E-state index < -0.39 is 21.9 Å². The van der Waals surface area contributed by atoms with E-state index in [9.17, 15) is 12.8 Å². The molecule has 3 N–H and O–H groups in total. The number of sulfonamides is 1. The van der Waals surface area contributed by atoms with Gasteiger partial charge in [0.2, 0.25) is 10.0 Å². The first-order chi connectivity index (χ1) is 7.80. The molecule has 0 heterocycles. The molecule has 0 saturated heterocycles. The molecule has 7 heteroatoms. The first-order valence-corrected chi connectivity index (χ1v) is 6.38. The second-order valence-corrected chi connectivity index (χ2v) is 5.73. The predicted molar refractivity (Wildman–Crippen MR) is 62.3 cm³/mol. The lowest BCUT2D eigenvalue weighted by atomic mass is 10.3. The molecule has 1 atom stereocenters. The third-order valence-corrected chi connectivity index (χ3v) is 4.50. The summed E-state index contributed by atoms with van der Waals surface area (Å²) in [5, 5.41) is 8.92. The number of halogens is 1. The Labute approximate surface area is 99.7 Å². The number of nitrogens with two attached hydrogens (primary N) is 1. The summed E-state index contributed by atoms with van der Waals surface area (Å²) >= 11 is 0. The van der Waals surface area contributed by atoms with Crippen LogP contribution in [0, 0.1) is 5.82 Å². The quantitative estimate of drug-likeness (QED) is 0.770. The van der Waals surface area contributed by atoms with Gasteiger partial charge in [0.25, 0.3) is 0 Å². The molecule has 1 rings (SSSR count). The smallest absolute Gasteiger partial charge is 0.243 e. The fourth-order valence-electron chi connectivity index (χ4n) is 1.20. The van der Waals surface area contributed by atoms with E-state index in [0.29, 0.717) is 0 Å². The number of anilines is 1. The van der Waals surface area contributed by atoms with Crippen molar-refractivity contribution in [1.29, 1.82) is 0 Å². The van der Waals surface area contributed by atoms with Gasteiger partial charge >= 0.3 is 0 Å². The van der Waals surface area contributed by atoms with Crippen molar-refractivity contribution in [1.82, 2.24) is 4.31 Å². The van der Waals surface area contributed by atoms with Crippen molar-refractivity contribution in [2.75, 3.05) is 19.4 Å². The Morgan fingerprint density at radius 3 is 2.59 bits per heavy atom. The number of aliphatic hydroxyl groups is 1. The predicted octanol–water partition coefficient (Wildman–Crippen LogP) is 0.409. The Bertz CT molecular complexity index is 504. The largest absolute Gasteiger partial charge is 0.396 e. The van der Waals surface area contributed by atoms with Gasteiger partial charge < -0.3 is 10.8 Å². The van der Waals surface area contributed by atoms with Crippen LogP contribution in [0.15, 0.2) is 23.1 Å². The number of likely N-dealkylation sites (N-methyl/N-ethyl adjacent to an activating group) is 1.